The molecule has 1 unspecified atom stereocenters. The van der Waals surface area contributed by atoms with Crippen LogP contribution in [0.25, 0.3) is 0 Å². The zero-order chi connectivity index (χ0) is 21.6. The molecule has 2 aromatic carbocycles. The molecule has 0 spiro atoms. The number of hydrogen-bond donors (Lipinski definition) is 1. The fraction of sp³-hybridized carbons (Fsp3) is 0.480. The number of carbonyl (C=O) groups excluding carboxylic acids is 1. The van der Waals surface area contributed by atoms with Crippen molar-refractivity contribution in [2.75, 3.05) is 47.9 Å². The number of benzene rings is 2. The minimum Gasteiger partial charge on any atom is -0.497 e. The molecule has 1 amide bonds. The van der Waals surface area contributed by atoms with Crippen LogP contribution >= 0.6 is 0 Å². The van der Waals surface area contributed by atoms with Gasteiger partial charge in [-0.05, 0) is 63.7 Å². The van der Waals surface area contributed by atoms with Crippen molar-refractivity contribution in [3.8, 4) is 5.75 Å². The van der Waals surface area contributed by atoms with E-state index in [1.165, 1.54) is 5.56 Å². The smallest absolute Gasteiger partial charge is 0.227 e. The Kier molecular flexibility index (Phi) is 7.51. The zero-order valence-corrected chi connectivity index (χ0v) is 18.7. The molecule has 162 valence electrons. The highest BCUT2D eigenvalue weighted by atomic mass is 16.5. The monoisotopic (exact) mass is 409 g/mol. The Balaban J connectivity index is 1.69. The molecule has 0 radical (unpaired) electrons. The lowest BCUT2D eigenvalue weighted by atomic mass is 9.79. The summed E-state index contributed by atoms with van der Waals surface area (Å²) in [5, 5.41) is 3.21. The second kappa shape index (κ2) is 10.1. The van der Waals surface area contributed by atoms with Gasteiger partial charge in [-0.3, -0.25) is 9.69 Å². The summed E-state index contributed by atoms with van der Waals surface area (Å²) in [6, 6.07) is 18.7. The quantitative estimate of drug-likeness (QED) is 0.728. The van der Waals surface area contributed by atoms with Crippen LogP contribution in [0.15, 0.2) is 54.6 Å². The number of rotatable bonds is 8. The SMILES string of the molecule is CNCC(Cc1ccc(OC)cc1)C(=O)N1CCC(c2ccccc2)(N(C)C)CC1. The molecule has 1 aliphatic heterocycles. The number of nitrogens with zero attached hydrogens (tertiary/aromatic N) is 2. The fourth-order valence-electron chi connectivity index (χ4n) is 4.64. The number of methoxy groups -OCH3 is 1. The molecule has 3 rings (SSSR count). The van der Waals surface area contributed by atoms with Gasteiger partial charge in [0.05, 0.1) is 13.0 Å². The average molecular weight is 410 g/mol. The third kappa shape index (κ3) is 4.85. The molecule has 0 aromatic heterocycles. The minimum absolute atomic E-state index is 0.00741. The van der Waals surface area contributed by atoms with Gasteiger partial charge in [-0.15, -0.1) is 0 Å². The Morgan fingerprint density at radius 2 is 1.73 bits per heavy atom. The van der Waals surface area contributed by atoms with E-state index in [9.17, 15) is 4.79 Å². The molecule has 1 fully saturated rings. The van der Waals surface area contributed by atoms with Gasteiger partial charge in [0.15, 0.2) is 0 Å². The Labute approximate surface area is 181 Å². The molecule has 30 heavy (non-hydrogen) atoms. The molecule has 2 aromatic rings. The average Bonchev–Trinajstić information content (AvgIpc) is 2.79. The van der Waals surface area contributed by atoms with Crippen LogP contribution in [0.2, 0.25) is 0 Å². The van der Waals surface area contributed by atoms with Crippen molar-refractivity contribution in [2.45, 2.75) is 24.8 Å². The molecule has 5 heteroatoms. The normalized spacial score (nSPS) is 17.0. The van der Waals surface area contributed by atoms with Crippen LogP contribution in [0.4, 0.5) is 0 Å². The van der Waals surface area contributed by atoms with E-state index in [4.69, 9.17) is 4.74 Å². The topological polar surface area (TPSA) is 44.8 Å². The van der Waals surface area contributed by atoms with Crippen LogP contribution in [-0.4, -0.2) is 63.6 Å². The molecule has 1 heterocycles. The summed E-state index contributed by atoms with van der Waals surface area (Å²) in [7, 11) is 7.88. The molecule has 0 aliphatic carbocycles. The van der Waals surface area contributed by atoms with E-state index in [2.05, 4.69) is 71.7 Å². The fourth-order valence-corrected chi connectivity index (χ4v) is 4.64. The minimum atomic E-state index is -0.0630. The van der Waals surface area contributed by atoms with Crippen LogP contribution in [-0.2, 0) is 16.8 Å². The van der Waals surface area contributed by atoms with E-state index in [1.807, 2.05) is 19.2 Å². The van der Waals surface area contributed by atoms with Gasteiger partial charge in [0.2, 0.25) is 5.91 Å². The first-order valence-corrected chi connectivity index (χ1v) is 10.8. The first kappa shape index (κ1) is 22.3. The van der Waals surface area contributed by atoms with Crippen LogP contribution in [0.3, 0.4) is 0 Å². The van der Waals surface area contributed by atoms with E-state index >= 15 is 0 Å². The maximum Gasteiger partial charge on any atom is 0.227 e. The van der Waals surface area contributed by atoms with E-state index in [0.717, 1.165) is 43.7 Å². The number of amides is 1. The van der Waals surface area contributed by atoms with E-state index in [-0.39, 0.29) is 17.4 Å². The Morgan fingerprint density at radius 1 is 1.10 bits per heavy atom. The van der Waals surface area contributed by atoms with Crippen LogP contribution < -0.4 is 10.1 Å². The first-order valence-electron chi connectivity index (χ1n) is 10.8. The van der Waals surface area contributed by atoms with Gasteiger partial charge in [0.1, 0.15) is 5.75 Å². The van der Waals surface area contributed by atoms with Crippen molar-refractivity contribution < 1.29 is 9.53 Å². The highest BCUT2D eigenvalue weighted by Gasteiger charge is 2.40. The van der Waals surface area contributed by atoms with Crippen molar-refractivity contribution >= 4 is 5.91 Å². The number of piperidine rings is 1. The number of ether oxygens (including phenoxy) is 1. The Hall–Kier alpha value is -2.37. The molecule has 0 bridgehead atoms. The first-order chi connectivity index (χ1) is 14.5. The summed E-state index contributed by atoms with van der Waals surface area (Å²) < 4.78 is 5.25. The summed E-state index contributed by atoms with van der Waals surface area (Å²) in [4.78, 5) is 17.8. The lowest BCUT2D eigenvalue weighted by Gasteiger charge is -2.47. The Bertz CT molecular complexity index is 797. The predicted octanol–water partition coefficient (Wildman–Crippen LogP) is 3.15. The highest BCUT2D eigenvalue weighted by molar-refractivity contribution is 5.79. The Morgan fingerprint density at radius 3 is 2.27 bits per heavy atom. The molecule has 5 nitrogen and oxygen atoms in total. The third-order valence-corrected chi connectivity index (χ3v) is 6.51. The van der Waals surface area contributed by atoms with Gasteiger partial charge in [-0.1, -0.05) is 42.5 Å². The summed E-state index contributed by atoms with van der Waals surface area (Å²) in [6.45, 7) is 2.25. The van der Waals surface area contributed by atoms with Crippen molar-refractivity contribution in [2.24, 2.45) is 5.92 Å². The van der Waals surface area contributed by atoms with Gasteiger partial charge in [-0.2, -0.15) is 0 Å². The van der Waals surface area contributed by atoms with E-state index in [0.29, 0.717) is 6.54 Å². The molecule has 1 aliphatic rings. The molecule has 1 N–H and O–H groups in total. The van der Waals surface area contributed by atoms with Crippen molar-refractivity contribution in [3.05, 3.63) is 65.7 Å². The van der Waals surface area contributed by atoms with Gasteiger partial charge in [-0.25, -0.2) is 0 Å². The van der Waals surface area contributed by atoms with Crippen molar-refractivity contribution in [1.29, 1.82) is 0 Å². The second-order valence-electron chi connectivity index (χ2n) is 8.42. The summed E-state index contributed by atoms with van der Waals surface area (Å²) in [5.41, 5.74) is 2.49. The van der Waals surface area contributed by atoms with Crippen LogP contribution in [0.1, 0.15) is 24.0 Å². The lowest BCUT2D eigenvalue weighted by Crippen LogP contribution is -2.53. The summed E-state index contributed by atoms with van der Waals surface area (Å²) >= 11 is 0. The lowest BCUT2D eigenvalue weighted by molar-refractivity contribution is -0.138. The molecule has 1 saturated heterocycles. The van der Waals surface area contributed by atoms with Crippen LogP contribution in [0, 0.1) is 5.92 Å². The van der Waals surface area contributed by atoms with Gasteiger partial charge in [0.25, 0.3) is 0 Å². The van der Waals surface area contributed by atoms with E-state index < -0.39 is 0 Å². The van der Waals surface area contributed by atoms with Gasteiger partial charge < -0.3 is 15.0 Å². The zero-order valence-electron chi connectivity index (χ0n) is 18.7. The standard InChI is InChI=1S/C25H35N3O2/c1-26-19-21(18-20-10-12-23(30-4)13-11-20)24(29)28-16-14-25(15-17-28,27(2)3)22-8-6-5-7-9-22/h5-13,21,26H,14-19H2,1-4H3. The number of carbonyl (C=O) groups is 1. The summed E-state index contributed by atoms with van der Waals surface area (Å²) in [6.07, 6.45) is 2.63. The predicted molar refractivity (Wildman–Crippen MR) is 122 cm³/mol. The highest BCUT2D eigenvalue weighted by Crippen LogP contribution is 2.37. The molecular formula is C25H35N3O2. The summed E-state index contributed by atoms with van der Waals surface area (Å²) in [5.74, 6) is 1.03. The largest absolute Gasteiger partial charge is 0.497 e. The maximum atomic E-state index is 13.4. The number of nitrogens with one attached hydrogen (secondary N) is 1. The maximum absolute atomic E-state index is 13.4. The third-order valence-electron chi connectivity index (χ3n) is 6.51. The number of likely N-dealkylation sites (tertiary alicyclic amines) is 1. The van der Waals surface area contributed by atoms with Gasteiger partial charge in [0, 0.05) is 25.2 Å². The van der Waals surface area contributed by atoms with E-state index in [1.54, 1.807) is 7.11 Å². The molecule has 1 atom stereocenters. The van der Waals surface area contributed by atoms with Crippen molar-refractivity contribution in [1.82, 2.24) is 15.1 Å². The second-order valence-corrected chi connectivity index (χ2v) is 8.42. The molecular weight excluding hydrogens is 374 g/mol. The van der Waals surface area contributed by atoms with Crippen molar-refractivity contribution in [3.63, 3.8) is 0 Å². The van der Waals surface area contributed by atoms with Gasteiger partial charge >= 0.3 is 0 Å². The van der Waals surface area contributed by atoms with Crippen LogP contribution in [0.5, 0.6) is 5.75 Å². The molecule has 0 saturated carbocycles. The number of hydrogen-bond acceptors (Lipinski definition) is 4.